The Hall–Kier alpha value is -1.26. The summed E-state index contributed by atoms with van der Waals surface area (Å²) in [7, 11) is 2.20. The van der Waals surface area contributed by atoms with E-state index in [1.807, 2.05) is 0 Å². The number of rotatable bonds is 12. The number of likely N-dealkylation sites (N-methyl/N-ethyl adjacent to an activating group) is 1. The van der Waals surface area contributed by atoms with Crippen LogP contribution in [0.4, 0.5) is 0 Å². The number of nitrogens with two attached hydrogens (primary N) is 1. The minimum Gasteiger partial charge on any atom is -0.383 e. The highest BCUT2D eigenvalue weighted by Gasteiger charge is 2.24. The molecule has 1 aliphatic carbocycles. The lowest BCUT2D eigenvalue weighted by molar-refractivity contribution is 0.174. The van der Waals surface area contributed by atoms with Crippen LogP contribution in [0.2, 0.25) is 0 Å². The van der Waals surface area contributed by atoms with E-state index in [0.717, 1.165) is 37.3 Å². The number of hydrogen-bond donors (Lipinski definition) is 2. The zero-order valence-electron chi connectivity index (χ0n) is 20.5. The van der Waals surface area contributed by atoms with Gasteiger partial charge in [0, 0.05) is 20.1 Å². The third kappa shape index (κ3) is 7.77. The molecule has 4 nitrogen and oxygen atoms in total. The number of allylic oxidation sites excluding steroid dienone is 2. The van der Waals surface area contributed by atoms with Gasteiger partial charge in [0.2, 0.25) is 0 Å². The monoisotopic (exact) mass is 416 g/mol. The summed E-state index contributed by atoms with van der Waals surface area (Å²) in [6.45, 7) is 18.9. The van der Waals surface area contributed by atoms with Gasteiger partial charge in [-0.2, -0.15) is 0 Å². The van der Waals surface area contributed by atoms with Crippen LogP contribution in [0, 0.1) is 11.3 Å². The van der Waals surface area contributed by atoms with Gasteiger partial charge in [-0.1, -0.05) is 52.8 Å². The second-order valence-electron chi connectivity index (χ2n) is 10.6. The van der Waals surface area contributed by atoms with Crippen molar-refractivity contribution in [3.63, 3.8) is 0 Å². The van der Waals surface area contributed by atoms with Gasteiger partial charge in [-0.05, 0) is 75.1 Å². The Bertz CT molecular complexity index is 591. The molecule has 0 spiro atoms. The summed E-state index contributed by atoms with van der Waals surface area (Å²) in [5.41, 5.74) is 10.1. The number of hydrogen-bond acceptors (Lipinski definition) is 4. The van der Waals surface area contributed by atoms with Crippen LogP contribution in [-0.2, 0) is 0 Å². The molecule has 1 aliphatic heterocycles. The van der Waals surface area contributed by atoms with Gasteiger partial charge in [-0.3, -0.25) is 0 Å². The summed E-state index contributed by atoms with van der Waals surface area (Å²) in [5, 5.41) is 3.79. The molecule has 1 fully saturated rings. The lowest BCUT2D eigenvalue weighted by atomic mass is 9.90. The van der Waals surface area contributed by atoms with Crippen LogP contribution in [0.1, 0.15) is 72.6 Å². The normalized spacial score (nSPS) is 19.4. The molecule has 0 aromatic carbocycles. The molecule has 0 saturated carbocycles. The Kier molecular flexibility index (Phi) is 9.96. The third-order valence-corrected chi connectivity index (χ3v) is 6.74. The van der Waals surface area contributed by atoms with Crippen LogP contribution in [-0.4, -0.2) is 55.6 Å². The number of nitrogens with zero attached hydrogens (tertiary/aromatic N) is 2. The zero-order valence-corrected chi connectivity index (χ0v) is 20.5. The van der Waals surface area contributed by atoms with E-state index in [2.05, 4.69) is 68.6 Å². The quantitative estimate of drug-likeness (QED) is 0.444. The van der Waals surface area contributed by atoms with E-state index >= 15 is 0 Å². The van der Waals surface area contributed by atoms with E-state index in [1.165, 1.54) is 56.7 Å². The van der Waals surface area contributed by atoms with Crippen LogP contribution in [0.15, 0.2) is 35.7 Å². The predicted octanol–water partition coefficient (Wildman–Crippen LogP) is 4.90. The molecule has 0 aromatic rings. The maximum Gasteiger partial charge on any atom is 0.0563 e. The summed E-state index contributed by atoms with van der Waals surface area (Å²) in [6, 6.07) is 0.325. The standard InChI is InChI=1S/C26H48N4/c1-7-10-24(21(2)19-27)29(6)25-12-8-11-23(25)28-20-22-13-17-30(18-14-22)16-9-15-26(3,4)5/h11-12,22,24,28H,2,7-10,13-20,27H2,1,3-6H3. The van der Waals surface area contributed by atoms with Gasteiger partial charge in [0.25, 0.3) is 0 Å². The molecule has 2 aliphatic rings. The Labute approximate surface area is 186 Å². The summed E-state index contributed by atoms with van der Waals surface area (Å²) >= 11 is 0. The number of piperidine rings is 1. The third-order valence-electron chi connectivity index (χ3n) is 6.74. The molecule has 4 heteroatoms. The first kappa shape index (κ1) is 25.0. The molecule has 1 unspecified atom stereocenters. The van der Waals surface area contributed by atoms with E-state index in [-0.39, 0.29) is 0 Å². The van der Waals surface area contributed by atoms with E-state index in [9.17, 15) is 0 Å². The fourth-order valence-corrected chi connectivity index (χ4v) is 4.75. The maximum atomic E-state index is 5.91. The topological polar surface area (TPSA) is 44.5 Å². The molecular formula is C26H48N4. The summed E-state index contributed by atoms with van der Waals surface area (Å²) in [6.07, 6.45) is 13.2. The van der Waals surface area contributed by atoms with Crippen LogP contribution in [0.3, 0.4) is 0 Å². The summed E-state index contributed by atoms with van der Waals surface area (Å²) in [5.74, 6) is 0.780. The van der Waals surface area contributed by atoms with Gasteiger partial charge in [-0.15, -0.1) is 0 Å². The Balaban J connectivity index is 1.77. The first-order chi connectivity index (χ1) is 14.2. The molecule has 0 radical (unpaired) electrons. The lowest BCUT2D eigenvalue weighted by Gasteiger charge is -2.35. The highest BCUT2D eigenvalue weighted by Crippen LogP contribution is 2.27. The molecule has 0 aromatic heterocycles. The molecular weight excluding hydrogens is 368 g/mol. The minimum atomic E-state index is 0.325. The molecule has 30 heavy (non-hydrogen) atoms. The van der Waals surface area contributed by atoms with Crippen LogP contribution >= 0.6 is 0 Å². The summed E-state index contributed by atoms with van der Waals surface area (Å²) < 4.78 is 0. The van der Waals surface area contributed by atoms with Crippen molar-refractivity contribution in [2.45, 2.75) is 78.7 Å². The smallest absolute Gasteiger partial charge is 0.0563 e. The van der Waals surface area contributed by atoms with Crippen molar-refractivity contribution in [3.05, 3.63) is 35.7 Å². The van der Waals surface area contributed by atoms with Crippen LogP contribution in [0.25, 0.3) is 0 Å². The fourth-order valence-electron chi connectivity index (χ4n) is 4.75. The van der Waals surface area contributed by atoms with Crippen molar-refractivity contribution in [2.24, 2.45) is 17.1 Å². The molecule has 0 amide bonds. The Morgan fingerprint density at radius 1 is 1.30 bits per heavy atom. The van der Waals surface area contributed by atoms with Gasteiger partial charge < -0.3 is 20.9 Å². The van der Waals surface area contributed by atoms with Crippen molar-refractivity contribution in [3.8, 4) is 0 Å². The maximum absolute atomic E-state index is 5.91. The summed E-state index contributed by atoms with van der Waals surface area (Å²) in [4.78, 5) is 5.06. The highest BCUT2D eigenvalue weighted by molar-refractivity contribution is 5.36. The lowest BCUT2D eigenvalue weighted by Crippen LogP contribution is -2.39. The molecule has 1 heterocycles. The van der Waals surface area contributed by atoms with Gasteiger partial charge in [-0.25, -0.2) is 0 Å². The van der Waals surface area contributed by atoms with E-state index in [4.69, 9.17) is 5.73 Å². The average Bonchev–Trinajstić information content (AvgIpc) is 3.18. The zero-order chi connectivity index (χ0) is 22.1. The molecule has 3 N–H and O–H groups in total. The average molecular weight is 417 g/mol. The second kappa shape index (κ2) is 12.0. The SMILES string of the molecule is C=C(CN)C(CCC)N(C)C1=CCC=C1NCC1CCN(CCCC(C)(C)C)CC1. The molecule has 1 saturated heterocycles. The molecule has 2 rings (SSSR count). The first-order valence-electron chi connectivity index (χ1n) is 12.2. The van der Waals surface area contributed by atoms with E-state index < -0.39 is 0 Å². The van der Waals surface area contributed by atoms with E-state index in [0.29, 0.717) is 18.0 Å². The number of likely N-dealkylation sites (tertiary alicyclic amines) is 1. The first-order valence-corrected chi connectivity index (χ1v) is 12.2. The molecule has 172 valence electrons. The molecule has 0 bridgehead atoms. The minimum absolute atomic E-state index is 0.325. The second-order valence-corrected chi connectivity index (χ2v) is 10.6. The fraction of sp³-hybridized carbons (Fsp3) is 0.769. The van der Waals surface area contributed by atoms with Crippen molar-refractivity contribution in [1.29, 1.82) is 0 Å². The van der Waals surface area contributed by atoms with Crippen LogP contribution in [0.5, 0.6) is 0 Å². The van der Waals surface area contributed by atoms with Gasteiger partial charge in [0.05, 0.1) is 17.4 Å². The molecule has 1 atom stereocenters. The predicted molar refractivity (Wildman–Crippen MR) is 131 cm³/mol. The largest absolute Gasteiger partial charge is 0.383 e. The van der Waals surface area contributed by atoms with Gasteiger partial charge >= 0.3 is 0 Å². The Morgan fingerprint density at radius 2 is 2.00 bits per heavy atom. The van der Waals surface area contributed by atoms with Crippen molar-refractivity contribution in [1.82, 2.24) is 15.1 Å². The van der Waals surface area contributed by atoms with E-state index in [1.54, 1.807) is 0 Å². The Morgan fingerprint density at radius 3 is 2.60 bits per heavy atom. The highest BCUT2D eigenvalue weighted by atomic mass is 15.2. The van der Waals surface area contributed by atoms with Crippen molar-refractivity contribution in [2.75, 3.05) is 39.8 Å². The van der Waals surface area contributed by atoms with Gasteiger partial charge in [0.1, 0.15) is 0 Å². The van der Waals surface area contributed by atoms with Crippen LogP contribution < -0.4 is 11.1 Å². The van der Waals surface area contributed by atoms with Crippen molar-refractivity contribution >= 4 is 0 Å². The number of nitrogens with one attached hydrogen (secondary N) is 1. The van der Waals surface area contributed by atoms with Gasteiger partial charge in [0.15, 0.2) is 0 Å². The van der Waals surface area contributed by atoms with Crippen molar-refractivity contribution < 1.29 is 0 Å².